The lowest BCUT2D eigenvalue weighted by molar-refractivity contribution is -0.120. The summed E-state index contributed by atoms with van der Waals surface area (Å²) in [4.78, 5) is 23.6. The van der Waals surface area contributed by atoms with Crippen molar-refractivity contribution in [1.29, 1.82) is 0 Å². The molecule has 0 atom stereocenters. The molecule has 0 aromatic carbocycles. The summed E-state index contributed by atoms with van der Waals surface area (Å²) in [6.07, 6.45) is 0. The first kappa shape index (κ1) is 12.9. The van der Waals surface area contributed by atoms with Crippen molar-refractivity contribution in [1.82, 2.24) is 15.5 Å². The van der Waals surface area contributed by atoms with E-state index in [2.05, 4.69) is 10.6 Å². The van der Waals surface area contributed by atoms with Crippen molar-refractivity contribution in [3.63, 3.8) is 0 Å². The molecule has 0 saturated heterocycles. The van der Waals surface area contributed by atoms with E-state index in [-0.39, 0.29) is 19.1 Å². The average molecular weight is 203 g/mol. The second kappa shape index (κ2) is 7.28. The van der Waals surface area contributed by atoms with Gasteiger partial charge in [-0.2, -0.15) is 0 Å². The van der Waals surface area contributed by atoms with Gasteiger partial charge in [0.1, 0.15) is 0 Å². The van der Waals surface area contributed by atoms with Crippen molar-refractivity contribution in [2.45, 2.75) is 6.92 Å². The fourth-order valence-corrected chi connectivity index (χ4v) is 0.866. The molecule has 0 unspecified atom stereocenters. The van der Waals surface area contributed by atoms with Crippen LogP contribution >= 0.6 is 0 Å². The Bertz CT molecular complexity index is 196. The lowest BCUT2D eigenvalue weighted by atomic mass is 10.5. The molecular weight excluding hydrogens is 186 g/mol. The summed E-state index contributed by atoms with van der Waals surface area (Å²) < 4.78 is 0. The highest BCUT2D eigenvalue weighted by Gasteiger charge is 2.08. The minimum atomic E-state index is -0.491. The third-order valence-electron chi connectivity index (χ3n) is 1.49. The Morgan fingerprint density at radius 3 is 2.57 bits per heavy atom. The van der Waals surface area contributed by atoms with E-state index in [4.69, 9.17) is 5.11 Å². The predicted molar refractivity (Wildman–Crippen MR) is 51.8 cm³/mol. The molecule has 0 radical (unpaired) electrons. The van der Waals surface area contributed by atoms with Gasteiger partial charge in [0.2, 0.25) is 5.91 Å². The highest BCUT2D eigenvalue weighted by molar-refractivity contribution is 5.95. The van der Waals surface area contributed by atoms with E-state index in [9.17, 15) is 9.59 Å². The molecule has 0 aliphatic rings. The van der Waals surface area contributed by atoms with Crippen molar-refractivity contribution in [2.24, 2.45) is 0 Å². The average Bonchev–Trinajstić information content (AvgIpc) is 2.03. The van der Waals surface area contributed by atoms with Crippen molar-refractivity contribution in [3.05, 3.63) is 0 Å². The van der Waals surface area contributed by atoms with Crippen LogP contribution in [0.1, 0.15) is 6.92 Å². The monoisotopic (exact) mass is 203 g/mol. The molecule has 14 heavy (non-hydrogen) atoms. The molecular formula is C8H17N3O3. The maximum absolute atomic E-state index is 11.1. The fraction of sp³-hybridized carbons (Fsp3) is 0.750. The molecule has 0 bridgehead atoms. The maximum Gasteiger partial charge on any atom is 0.321 e. The lowest BCUT2D eigenvalue weighted by Gasteiger charge is -2.13. The van der Waals surface area contributed by atoms with Crippen LogP contribution in [-0.2, 0) is 4.79 Å². The Morgan fingerprint density at radius 1 is 1.43 bits per heavy atom. The SMILES string of the molecule is CCNC(=O)NC(=O)CN(C)CCO. The molecule has 6 heteroatoms. The smallest absolute Gasteiger partial charge is 0.321 e. The normalized spacial score (nSPS) is 10.0. The van der Waals surface area contributed by atoms with Gasteiger partial charge in [-0.1, -0.05) is 0 Å². The Hall–Kier alpha value is -1.14. The van der Waals surface area contributed by atoms with Crippen LogP contribution in [0.2, 0.25) is 0 Å². The fourth-order valence-electron chi connectivity index (χ4n) is 0.866. The summed E-state index contributed by atoms with van der Waals surface area (Å²) >= 11 is 0. The van der Waals surface area contributed by atoms with Crippen LogP contribution in [0.4, 0.5) is 4.79 Å². The van der Waals surface area contributed by atoms with Gasteiger partial charge in [0.05, 0.1) is 13.2 Å². The Labute approximate surface area is 83.3 Å². The largest absolute Gasteiger partial charge is 0.395 e. The van der Waals surface area contributed by atoms with Crippen molar-refractivity contribution in [2.75, 3.05) is 33.3 Å². The van der Waals surface area contributed by atoms with Gasteiger partial charge >= 0.3 is 6.03 Å². The van der Waals surface area contributed by atoms with Crippen molar-refractivity contribution < 1.29 is 14.7 Å². The first-order valence-electron chi connectivity index (χ1n) is 4.47. The van der Waals surface area contributed by atoms with E-state index < -0.39 is 6.03 Å². The number of aliphatic hydroxyl groups is 1. The van der Waals surface area contributed by atoms with Crippen LogP contribution in [-0.4, -0.2) is 55.2 Å². The molecule has 0 heterocycles. The number of imide groups is 1. The zero-order valence-corrected chi connectivity index (χ0v) is 8.54. The summed E-state index contributed by atoms with van der Waals surface area (Å²) in [6, 6.07) is -0.491. The number of carbonyl (C=O) groups is 2. The van der Waals surface area contributed by atoms with Gasteiger partial charge in [-0.3, -0.25) is 15.0 Å². The summed E-state index contributed by atoms with van der Waals surface area (Å²) in [5.74, 6) is -0.382. The van der Waals surface area contributed by atoms with Crippen LogP contribution in [0.5, 0.6) is 0 Å². The molecule has 0 aliphatic heterocycles. The van der Waals surface area contributed by atoms with Gasteiger partial charge in [-0.15, -0.1) is 0 Å². The van der Waals surface area contributed by atoms with E-state index in [1.54, 1.807) is 18.9 Å². The minimum absolute atomic E-state index is 0.00899. The summed E-state index contributed by atoms with van der Waals surface area (Å²) in [5, 5.41) is 13.2. The molecule has 0 aliphatic carbocycles. The van der Waals surface area contributed by atoms with E-state index in [1.807, 2.05) is 0 Å². The number of nitrogens with zero attached hydrogens (tertiary/aromatic N) is 1. The molecule has 0 fully saturated rings. The molecule has 0 spiro atoms. The van der Waals surface area contributed by atoms with Gasteiger partial charge in [0.15, 0.2) is 0 Å². The van der Waals surface area contributed by atoms with Crippen LogP contribution < -0.4 is 10.6 Å². The van der Waals surface area contributed by atoms with Gasteiger partial charge < -0.3 is 10.4 Å². The topological polar surface area (TPSA) is 81.7 Å². The Balaban J connectivity index is 3.69. The van der Waals surface area contributed by atoms with E-state index in [1.165, 1.54) is 0 Å². The third kappa shape index (κ3) is 6.38. The van der Waals surface area contributed by atoms with Gasteiger partial charge in [0, 0.05) is 13.1 Å². The number of amides is 3. The number of likely N-dealkylation sites (N-methyl/N-ethyl adjacent to an activating group) is 1. The van der Waals surface area contributed by atoms with Crippen molar-refractivity contribution in [3.8, 4) is 0 Å². The molecule has 82 valence electrons. The quantitative estimate of drug-likeness (QED) is 0.522. The van der Waals surface area contributed by atoms with Crippen LogP contribution in [0, 0.1) is 0 Å². The van der Waals surface area contributed by atoms with Gasteiger partial charge in [-0.05, 0) is 14.0 Å². The first-order chi connectivity index (χ1) is 6.60. The molecule has 0 rings (SSSR count). The summed E-state index contributed by atoms with van der Waals surface area (Å²) in [6.45, 7) is 2.74. The lowest BCUT2D eigenvalue weighted by Crippen LogP contribution is -2.44. The molecule has 3 amide bonds. The zero-order chi connectivity index (χ0) is 11.0. The van der Waals surface area contributed by atoms with E-state index in [0.717, 1.165) is 0 Å². The van der Waals surface area contributed by atoms with Gasteiger partial charge in [-0.25, -0.2) is 4.79 Å². The first-order valence-corrected chi connectivity index (χ1v) is 4.47. The number of carbonyl (C=O) groups excluding carboxylic acids is 2. The second-order valence-corrected chi connectivity index (χ2v) is 2.87. The second-order valence-electron chi connectivity index (χ2n) is 2.87. The van der Waals surface area contributed by atoms with E-state index >= 15 is 0 Å². The molecule has 3 N–H and O–H groups in total. The van der Waals surface area contributed by atoms with Crippen molar-refractivity contribution >= 4 is 11.9 Å². The number of nitrogens with one attached hydrogen (secondary N) is 2. The highest BCUT2D eigenvalue weighted by atomic mass is 16.3. The van der Waals surface area contributed by atoms with Crippen LogP contribution in [0.15, 0.2) is 0 Å². The number of rotatable bonds is 5. The Kier molecular flexibility index (Phi) is 6.69. The number of urea groups is 1. The standard InChI is InChI=1S/C8H17N3O3/c1-3-9-8(14)10-7(13)6-11(2)4-5-12/h12H,3-6H2,1-2H3,(H2,9,10,13,14). The number of hydrogen-bond acceptors (Lipinski definition) is 4. The molecule has 0 aromatic rings. The Morgan fingerprint density at radius 2 is 2.07 bits per heavy atom. The van der Waals surface area contributed by atoms with Gasteiger partial charge in [0.25, 0.3) is 0 Å². The zero-order valence-electron chi connectivity index (χ0n) is 8.54. The minimum Gasteiger partial charge on any atom is -0.395 e. The van der Waals surface area contributed by atoms with Crippen LogP contribution in [0.3, 0.4) is 0 Å². The third-order valence-corrected chi connectivity index (χ3v) is 1.49. The maximum atomic E-state index is 11.1. The number of hydrogen-bond donors (Lipinski definition) is 3. The predicted octanol–water partition coefficient (Wildman–Crippen LogP) is -1.24. The molecule has 6 nitrogen and oxygen atoms in total. The number of aliphatic hydroxyl groups excluding tert-OH is 1. The molecule has 0 saturated carbocycles. The van der Waals surface area contributed by atoms with Crippen LogP contribution in [0.25, 0.3) is 0 Å². The summed E-state index contributed by atoms with van der Waals surface area (Å²) in [7, 11) is 1.69. The highest BCUT2D eigenvalue weighted by Crippen LogP contribution is 1.80. The summed E-state index contributed by atoms with van der Waals surface area (Å²) in [5.41, 5.74) is 0. The molecule has 0 aromatic heterocycles. The van der Waals surface area contributed by atoms with E-state index in [0.29, 0.717) is 13.1 Å².